The van der Waals surface area contributed by atoms with E-state index in [2.05, 4.69) is 9.71 Å². The van der Waals surface area contributed by atoms with Gasteiger partial charge in [-0.2, -0.15) is 0 Å². The third-order valence-electron chi connectivity index (χ3n) is 3.16. The van der Waals surface area contributed by atoms with Crippen LogP contribution in [-0.2, 0) is 16.6 Å². The highest BCUT2D eigenvalue weighted by atomic mass is 32.2. The lowest BCUT2D eigenvalue weighted by atomic mass is 10.1. The number of nitrogens with zero attached hydrogens (tertiary/aromatic N) is 1. The molecule has 0 radical (unpaired) electrons. The Hall–Kier alpha value is -1.44. The maximum Gasteiger partial charge on any atom is 0.241 e. The molecular weight excluding hydrogens is 294 g/mol. The molecule has 0 aliphatic rings. The number of thiazole rings is 1. The highest BCUT2D eigenvalue weighted by Gasteiger charge is 2.21. The smallest absolute Gasteiger partial charge is 0.241 e. The second-order valence-electron chi connectivity index (χ2n) is 4.68. The van der Waals surface area contributed by atoms with Crippen LogP contribution in [0.4, 0.5) is 5.69 Å². The summed E-state index contributed by atoms with van der Waals surface area (Å²) >= 11 is 1.43. The Morgan fingerprint density at radius 1 is 1.30 bits per heavy atom. The molecule has 20 heavy (non-hydrogen) atoms. The molecule has 0 unspecified atom stereocenters. The predicted molar refractivity (Wildman–Crippen MR) is 81.2 cm³/mol. The van der Waals surface area contributed by atoms with Crippen LogP contribution >= 0.6 is 11.3 Å². The minimum Gasteiger partial charge on any atom is -0.398 e. The summed E-state index contributed by atoms with van der Waals surface area (Å²) in [5, 5.41) is 1.81. The van der Waals surface area contributed by atoms with E-state index < -0.39 is 10.0 Å². The number of nitrogens with one attached hydrogen (secondary N) is 1. The van der Waals surface area contributed by atoms with Gasteiger partial charge in [0.05, 0.1) is 22.6 Å². The number of anilines is 1. The van der Waals surface area contributed by atoms with E-state index in [1.807, 2.05) is 12.3 Å². The topological polar surface area (TPSA) is 85.1 Å². The molecule has 2 aromatic rings. The van der Waals surface area contributed by atoms with E-state index in [0.717, 1.165) is 5.56 Å². The van der Waals surface area contributed by atoms with Crippen molar-refractivity contribution in [3.63, 3.8) is 0 Å². The first-order valence-corrected chi connectivity index (χ1v) is 8.48. The molecule has 0 bridgehead atoms. The third-order valence-corrected chi connectivity index (χ3v) is 5.48. The van der Waals surface area contributed by atoms with Gasteiger partial charge < -0.3 is 5.73 Å². The Morgan fingerprint density at radius 2 is 2.00 bits per heavy atom. The van der Waals surface area contributed by atoms with Crippen LogP contribution in [0.1, 0.15) is 22.4 Å². The van der Waals surface area contributed by atoms with Crippen molar-refractivity contribution < 1.29 is 8.42 Å². The molecule has 0 atom stereocenters. The van der Waals surface area contributed by atoms with Crippen molar-refractivity contribution in [3.05, 3.63) is 39.3 Å². The van der Waals surface area contributed by atoms with Gasteiger partial charge in [-0.25, -0.2) is 18.1 Å². The molecule has 0 saturated heterocycles. The predicted octanol–water partition coefficient (Wildman–Crippen LogP) is 2.13. The zero-order valence-corrected chi connectivity index (χ0v) is 13.2. The van der Waals surface area contributed by atoms with Gasteiger partial charge in [0.1, 0.15) is 0 Å². The SMILES string of the molecule is Cc1cc(C)c(S(=O)(=O)NCc2cscn2)c(C)c1N. The van der Waals surface area contributed by atoms with Crippen LogP contribution < -0.4 is 10.5 Å². The molecule has 0 fully saturated rings. The Bertz CT molecular complexity index is 723. The number of hydrogen-bond acceptors (Lipinski definition) is 5. The van der Waals surface area contributed by atoms with E-state index in [-0.39, 0.29) is 11.4 Å². The van der Waals surface area contributed by atoms with Gasteiger partial charge in [0, 0.05) is 11.1 Å². The third kappa shape index (κ3) is 2.84. The molecule has 1 heterocycles. The van der Waals surface area contributed by atoms with Crippen molar-refractivity contribution in [1.82, 2.24) is 9.71 Å². The molecule has 5 nitrogen and oxygen atoms in total. The van der Waals surface area contributed by atoms with Gasteiger partial charge >= 0.3 is 0 Å². The van der Waals surface area contributed by atoms with Crippen LogP contribution in [0.5, 0.6) is 0 Å². The van der Waals surface area contributed by atoms with Crippen LogP contribution in [0, 0.1) is 20.8 Å². The van der Waals surface area contributed by atoms with Crippen LogP contribution in [0.15, 0.2) is 21.9 Å². The Labute approximate surface area is 122 Å². The first kappa shape index (κ1) is 15.0. The Kier molecular flexibility index (Phi) is 4.12. The van der Waals surface area contributed by atoms with Crippen molar-refractivity contribution in [3.8, 4) is 0 Å². The van der Waals surface area contributed by atoms with E-state index in [1.54, 1.807) is 25.4 Å². The summed E-state index contributed by atoms with van der Waals surface area (Å²) in [5.74, 6) is 0. The zero-order valence-electron chi connectivity index (χ0n) is 11.6. The first-order valence-electron chi connectivity index (χ1n) is 6.06. The normalized spacial score (nSPS) is 11.8. The fourth-order valence-corrected chi connectivity index (χ4v) is 4.20. The minimum absolute atomic E-state index is 0.179. The van der Waals surface area contributed by atoms with Crippen LogP contribution in [0.25, 0.3) is 0 Å². The van der Waals surface area contributed by atoms with E-state index >= 15 is 0 Å². The highest BCUT2D eigenvalue weighted by molar-refractivity contribution is 7.89. The van der Waals surface area contributed by atoms with E-state index in [9.17, 15) is 8.42 Å². The van der Waals surface area contributed by atoms with E-state index in [0.29, 0.717) is 22.5 Å². The minimum atomic E-state index is -3.60. The van der Waals surface area contributed by atoms with Gasteiger partial charge in [0.2, 0.25) is 10.0 Å². The average molecular weight is 311 g/mol. The number of nitrogen functional groups attached to an aromatic ring is 1. The largest absolute Gasteiger partial charge is 0.398 e. The lowest BCUT2D eigenvalue weighted by Crippen LogP contribution is -2.25. The molecule has 0 amide bonds. The molecule has 1 aromatic heterocycles. The summed E-state index contributed by atoms with van der Waals surface area (Å²) in [4.78, 5) is 4.32. The van der Waals surface area contributed by atoms with E-state index in [4.69, 9.17) is 5.73 Å². The summed E-state index contributed by atoms with van der Waals surface area (Å²) < 4.78 is 27.4. The Morgan fingerprint density at radius 3 is 2.60 bits per heavy atom. The summed E-state index contributed by atoms with van der Waals surface area (Å²) in [6, 6.07) is 1.79. The second-order valence-corrected chi connectivity index (χ2v) is 7.10. The van der Waals surface area contributed by atoms with Gasteiger partial charge in [-0.1, -0.05) is 6.07 Å². The molecule has 108 valence electrons. The van der Waals surface area contributed by atoms with Crippen molar-refractivity contribution in [1.29, 1.82) is 0 Å². The number of aromatic nitrogens is 1. The average Bonchev–Trinajstić information content (AvgIpc) is 2.86. The monoisotopic (exact) mass is 311 g/mol. The first-order chi connectivity index (χ1) is 9.33. The molecule has 3 N–H and O–H groups in total. The summed E-state index contributed by atoms with van der Waals surface area (Å²) in [7, 11) is -3.60. The molecule has 0 saturated carbocycles. The lowest BCUT2D eigenvalue weighted by molar-refractivity contribution is 0.579. The van der Waals surface area contributed by atoms with Crippen molar-refractivity contribution >= 4 is 27.0 Å². The van der Waals surface area contributed by atoms with Gasteiger partial charge in [-0.05, 0) is 37.5 Å². The number of rotatable bonds is 4. The number of hydrogen-bond donors (Lipinski definition) is 2. The fraction of sp³-hybridized carbons (Fsp3) is 0.308. The molecular formula is C13H17N3O2S2. The number of aryl methyl sites for hydroxylation is 2. The van der Waals surface area contributed by atoms with Gasteiger partial charge in [0.25, 0.3) is 0 Å². The van der Waals surface area contributed by atoms with Crippen molar-refractivity contribution in [2.45, 2.75) is 32.2 Å². The number of sulfonamides is 1. The lowest BCUT2D eigenvalue weighted by Gasteiger charge is -2.15. The van der Waals surface area contributed by atoms with E-state index in [1.165, 1.54) is 11.3 Å². The van der Waals surface area contributed by atoms with Crippen LogP contribution in [-0.4, -0.2) is 13.4 Å². The maximum absolute atomic E-state index is 12.4. The van der Waals surface area contributed by atoms with Crippen LogP contribution in [0.3, 0.4) is 0 Å². The van der Waals surface area contributed by atoms with Gasteiger partial charge in [-0.15, -0.1) is 11.3 Å². The second kappa shape index (κ2) is 5.51. The highest BCUT2D eigenvalue weighted by Crippen LogP contribution is 2.27. The molecule has 2 rings (SSSR count). The standard InChI is InChI=1S/C13H17N3O2S2/c1-8-4-9(2)13(10(3)12(8)14)20(17,18)16-5-11-6-19-7-15-11/h4,6-7,16H,5,14H2,1-3H3. The molecule has 1 aromatic carbocycles. The Balaban J connectivity index is 2.37. The summed E-state index contributed by atoms with van der Waals surface area (Å²) in [6.45, 7) is 5.55. The molecule has 0 aliphatic carbocycles. The zero-order chi connectivity index (χ0) is 14.9. The fourth-order valence-electron chi connectivity index (χ4n) is 2.16. The summed E-state index contributed by atoms with van der Waals surface area (Å²) in [6.07, 6.45) is 0. The molecule has 7 heteroatoms. The number of nitrogens with two attached hydrogens (primary N) is 1. The van der Waals surface area contributed by atoms with Gasteiger partial charge in [-0.3, -0.25) is 0 Å². The quantitative estimate of drug-likeness (QED) is 0.847. The summed E-state index contributed by atoms with van der Waals surface area (Å²) in [5.41, 5.74) is 11.0. The van der Waals surface area contributed by atoms with Crippen LogP contribution in [0.2, 0.25) is 0 Å². The van der Waals surface area contributed by atoms with Crippen molar-refractivity contribution in [2.75, 3.05) is 5.73 Å². The molecule has 0 spiro atoms. The van der Waals surface area contributed by atoms with Crippen molar-refractivity contribution in [2.24, 2.45) is 0 Å². The molecule has 0 aliphatic heterocycles. The maximum atomic E-state index is 12.4. The number of benzene rings is 1. The van der Waals surface area contributed by atoms with Gasteiger partial charge in [0.15, 0.2) is 0 Å².